The zero-order valence-electron chi connectivity index (χ0n) is 12.6. The van der Waals surface area contributed by atoms with Gasteiger partial charge in [0.1, 0.15) is 17.7 Å². The lowest BCUT2D eigenvalue weighted by Gasteiger charge is -2.37. The Labute approximate surface area is 148 Å². The molecule has 1 aliphatic heterocycles. The molecular weight excluding hydrogens is 347 g/mol. The molecule has 0 aliphatic carbocycles. The number of benzene rings is 1. The Morgan fingerprint density at radius 2 is 1.92 bits per heavy atom. The second-order valence-electron chi connectivity index (χ2n) is 5.68. The molecule has 2 aromatic heterocycles. The van der Waals surface area contributed by atoms with Crippen molar-refractivity contribution in [3.8, 4) is 0 Å². The summed E-state index contributed by atoms with van der Waals surface area (Å²) in [5, 5.41) is 4.21. The maximum Gasteiger partial charge on any atom is 0.160 e. The van der Waals surface area contributed by atoms with Crippen molar-refractivity contribution < 1.29 is 0 Å². The summed E-state index contributed by atoms with van der Waals surface area (Å²) >= 11 is 12.0. The Morgan fingerprint density at radius 1 is 1.08 bits per heavy atom. The third-order valence-corrected chi connectivity index (χ3v) is 4.62. The number of hydrogen-bond donors (Lipinski definition) is 2. The quantitative estimate of drug-likeness (QED) is 0.746. The van der Waals surface area contributed by atoms with Gasteiger partial charge in [0.25, 0.3) is 0 Å². The smallest absolute Gasteiger partial charge is 0.160 e. The van der Waals surface area contributed by atoms with Gasteiger partial charge in [-0.1, -0.05) is 23.2 Å². The number of nitrogens with one attached hydrogen (secondary N) is 1. The molecule has 8 heteroatoms. The van der Waals surface area contributed by atoms with Gasteiger partial charge in [-0.2, -0.15) is 0 Å². The summed E-state index contributed by atoms with van der Waals surface area (Å²) in [6, 6.07) is 9.41. The number of halogens is 2. The number of rotatable bonds is 3. The molecule has 1 fully saturated rings. The molecule has 0 unspecified atom stereocenters. The fourth-order valence-electron chi connectivity index (χ4n) is 2.61. The third-order valence-electron chi connectivity index (χ3n) is 3.88. The second-order valence-corrected chi connectivity index (χ2v) is 6.49. The Kier molecular flexibility index (Phi) is 3.88. The Morgan fingerprint density at radius 3 is 2.67 bits per heavy atom. The average molecular weight is 361 g/mol. The summed E-state index contributed by atoms with van der Waals surface area (Å²) in [6.07, 6.45) is 1.50. The number of hydrogen-bond acceptors (Lipinski definition) is 6. The van der Waals surface area contributed by atoms with E-state index in [0.29, 0.717) is 21.4 Å². The highest BCUT2D eigenvalue weighted by molar-refractivity contribution is 6.42. The van der Waals surface area contributed by atoms with Gasteiger partial charge in [-0.05, 0) is 30.3 Å². The number of anilines is 3. The lowest BCUT2D eigenvalue weighted by atomic mass is 10.1. The van der Waals surface area contributed by atoms with E-state index in [1.165, 1.54) is 6.33 Å². The lowest BCUT2D eigenvalue weighted by Crippen LogP contribution is -2.56. The molecule has 1 aromatic carbocycles. The molecule has 3 aromatic rings. The Bertz CT molecular complexity index is 910. The van der Waals surface area contributed by atoms with Gasteiger partial charge in [0.2, 0.25) is 0 Å². The molecule has 3 N–H and O–H groups in total. The van der Waals surface area contributed by atoms with Crippen molar-refractivity contribution in [3.63, 3.8) is 0 Å². The van der Waals surface area contributed by atoms with Gasteiger partial charge in [-0.15, -0.1) is 0 Å². The van der Waals surface area contributed by atoms with Crippen LogP contribution in [-0.2, 0) is 0 Å². The van der Waals surface area contributed by atoms with Crippen molar-refractivity contribution in [1.29, 1.82) is 0 Å². The van der Waals surface area contributed by atoms with Gasteiger partial charge < -0.3 is 16.0 Å². The zero-order chi connectivity index (χ0) is 16.7. The van der Waals surface area contributed by atoms with E-state index in [4.69, 9.17) is 33.9 Å². The molecule has 3 heterocycles. The number of aromatic nitrogens is 3. The highest BCUT2D eigenvalue weighted by Gasteiger charge is 2.24. The van der Waals surface area contributed by atoms with Crippen LogP contribution in [0.2, 0.25) is 10.0 Å². The van der Waals surface area contributed by atoms with E-state index in [0.717, 1.165) is 30.1 Å². The maximum absolute atomic E-state index is 6.07. The first-order valence-corrected chi connectivity index (χ1v) is 8.20. The van der Waals surface area contributed by atoms with Crippen LogP contribution in [0.4, 0.5) is 17.3 Å². The van der Waals surface area contributed by atoms with E-state index in [-0.39, 0.29) is 6.04 Å². The molecule has 0 saturated carbocycles. The average Bonchev–Trinajstić information content (AvgIpc) is 2.55. The van der Waals surface area contributed by atoms with Crippen LogP contribution in [0.25, 0.3) is 11.0 Å². The van der Waals surface area contributed by atoms with Gasteiger partial charge in [0.15, 0.2) is 5.82 Å². The van der Waals surface area contributed by atoms with Crippen molar-refractivity contribution in [3.05, 3.63) is 46.7 Å². The van der Waals surface area contributed by atoms with Crippen LogP contribution < -0.4 is 16.0 Å². The first-order chi connectivity index (χ1) is 11.6. The monoisotopic (exact) mass is 360 g/mol. The standard InChI is InChI=1S/C16H14Cl2N6/c17-11-2-1-10(5-12(11)18)22-16-15-13(20-8-21-16)3-4-14(23-15)24-6-9(19)7-24/h1-5,8-9H,6-7,19H2,(H,20,21,22). The largest absolute Gasteiger partial charge is 0.353 e. The summed E-state index contributed by atoms with van der Waals surface area (Å²) < 4.78 is 0. The topological polar surface area (TPSA) is 80.0 Å². The number of nitrogens with two attached hydrogens (primary N) is 1. The van der Waals surface area contributed by atoms with Gasteiger partial charge >= 0.3 is 0 Å². The molecule has 122 valence electrons. The molecule has 24 heavy (non-hydrogen) atoms. The van der Waals surface area contributed by atoms with Crippen LogP contribution in [-0.4, -0.2) is 34.1 Å². The van der Waals surface area contributed by atoms with Gasteiger partial charge in [0.05, 0.1) is 15.6 Å². The van der Waals surface area contributed by atoms with Crippen LogP contribution in [0.3, 0.4) is 0 Å². The van der Waals surface area contributed by atoms with Crippen LogP contribution in [0, 0.1) is 0 Å². The lowest BCUT2D eigenvalue weighted by molar-refractivity contribution is 0.515. The first kappa shape index (κ1) is 15.4. The van der Waals surface area contributed by atoms with Gasteiger partial charge in [-0.25, -0.2) is 15.0 Å². The van der Waals surface area contributed by atoms with Crippen LogP contribution in [0.5, 0.6) is 0 Å². The number of pyridine rings is 1. The van der Waals surface area contributed by atoms with E-state index >= 15 is 0 Å². The van der Waals surface area contributed by atoms with E-state index in [1.54, 1.807) is 12.1 Å². The van der Waals surface area contributed by atoms with Crippen molar-refractivity contribution >= 4 is 51.6 Å². The molecule has 4 rings (SSSR count). The zero-order valence-corrected chi connectivity index (χ0v) is 14.1. The van der Waals surface area contributed by atoms with Crippen molar-refractivity contribution in [2.45, 2.75) is 6.04 Å². The van der Waals surface area contributed by atoms with Crippen LogP contribution in [0.15, 0.2) is 36.7 Å². The van der Waals surface area contributed by atoms with Crippen LogP contribution >= 0.6 is 23.2 Å². The number of nitrogens with zero attached hydrogens (tertiary/aromatic N) is 4. The minimum atomic E-state index is 0.211. The molecule has 0 atom stereocenters. The summed E-state index contributed by atoms with van der Waals surface area (Å²) in [5.41, 5.74) is 8.09. The molecule has 1 aliphatic rings. The SMILES string of the molecule is NC1CN(c2ccc3ncnc(Nc4ccc(Cl)c(Cl)c4)c3n2)C1. The predicted molar refractivity (Wildman–Crippen MR) is 97.3 cm³/mol. The molecule has 6 nitrogen and oxygen atoms in total. The van der Waals surface area contributed by atoms with Gasteiger partial charge in [-0.3, -0.25) is 0 Å². The van der Waals surface area contributed by atoms with Crippen molar-refractivity contribution in [2.75, 3.05) is 23.3 Å². The van der Waals surface area contributed by atoms with Crippen LogP contribution in [0.1, 0.15) is 0 Å². The summed E-state index contributed by atoms with van der Waals surface area (Å²) in [6.45, 7) is 1.61. The summed E-state index contributed by atoms with van der Waals surface area (Å²) in [5.74, 6) is 1.49. The van der Waals surface area contributed by atoms with E-state index < -0.39 is 0 Å². The molecule has 0 amide bonds. The third kappa shape index (κ3) is 2.84. The summed E-state index contributed by atoms with van der Waals surface area (Å²) in [4.78, 5) is 15.4. The second kappa shape index (κ2) is 6.05. The maximum atomic E-state index is 6.07. The Balaban J connectivity index is 1.71. The molecular formula is C16H14Cl2N6. The number of fused-ring (bicyclic) bond motifs is 1. The molecule has 0 bridgehead atoms. The molecule has 1 saturated heterocycles. The fraction of sp³-hybridized carbons (Fsp3) is 0.188. The highest BCUT2D eigenvalue weighted by atomic mass is 35.5. The minimum Gasteiger partial charge on any atom is -0.353 e. The first-order valence-electron chi connectivity index (χ1n) is 7.44. The van der Waals surface area contributed by atoms with Gasteiger partial charge in [0, 0.05) is 24.8 Å². The normalized spacial score (nSPS) is 14.7. The van der Waals surface area contributed by atoms with E-state index in [9.17, 15) is 0 Å². The minimum absolute atomic E-state index is 0.211. The van der Waals surface area contributed by atoms with E-state index in [2.05, 4.69) is 20.2 Å². The van der Waals surface area contributed by atoms with E-state index in [1.807, 2.05) is 18.2 Å². The summed E-state index contributed by atoms with van der Waals surface area (Å²) in [7, 11) is 0. The highest BCUT2D eigenvalue weighted by Crippen LogP contribution is 2.29. The van der Waals surface area contributed by atoms with Crippen molar-refractivity contribution in [2.24, 2.45) is 5.73 Å². The molecule has 0 radical (unpaired) electrons. The Hall–Kier alpha value is -2.15. The predicted octanol–water partition coefficient (Wildman–Crippen LogP) is 3.22. The van der Waals surface area contributed by atoms with Crippen molar-refractivity contribution in [1.82, 2.24) is 15.0 Å². The molecule has 0 spiro atoms. The fourth-order valence-corrected chi connectivity index (χ4v) is 2.91.